The third kappa shape index (κ3) is 4.44. The van der Waals surface area contributed by atoms with E-state index >= 15 is 0 Å². The monoisotopic (exact) mass is 391 g/mol. The van der Waals surface area contributed by atoms with Crippen LogP contribution in [0.15, 0.2) is 18.2 Å². The van der Waals surface area contributed by atoms with Gasteiger partial charge < -0.3 is 10.0 Å². The molecule has 7 heteroatoms. The Balaban J connectivity index is 1.55. The number of hydrogen-bond acceptors (Lipinski definition) is 4. The molecule has 0 atom stereocenters. The predicted octanol–water partition coefficient (Wildman–Crippen LogP) is 3.11. The number of piperidine rings is 1. The highest BCUT2D eigenvalue weighted by Crippen LogP contribution is 2.35. The quantitative estimate of drug-likeness (QED) is 0.859. The second-order valence-electron chi connectivity index (χ2n) is 7.09. The number of rotatable bonds is 3. The van der Waals surface area contributed by atoms with Crippen molar-refractivity contribution >= 4 is 33.0 Å². The summed E-state index contributed by atoms with van der Waals surface area (Å²) in [6.45, 7) is 2.33. The van der Waals surface area contributed by atoms with Gasteiger partial charge in [0, 0.05) is 16.6 Å². The van der Waals surface area contributed by atoms with Crippen LogP contribution in [0, 0.1) is 0 Å². The van der Waals surface area contributed by atoms with E-state index in [1.165, 1.54) is 0 Å². The van der Waals surface area contributed by atoms with Gasteiger partial charge in [-0.3, -0.25) is 0 Å². The van der Waals surface area contributed by atoms with E-state index < -0.39 is 15.4 Å². The Labute approximate surface area is 153 Å². The van der Waals surface area contributed by atoms with Gasteiger partial charge in [0.1, 0.15) is 0 Å². The lowest BCUT2D eigenvalue weighted by Crippen LogP contribution is -2.49. The van der Waals surface area contributed by atoms with Crippen LogP contribution in [0.5, 0.6) is 0 Å². The summed E-state index contributed by atoms with van der Waals surface area (Å²) in [5.74, 6) is 0.605. The molecule has 0 aliphatic carbocycles. The van der Waals surface area contributed by atoms with Crippen LogP contribution >= 0.6 is 23.2 Å². The Kier molecular flexibility index (Phi) is 5.48. The Bertz CT molecular complexity index is 686. The number of likely N-dealkylation sites (tertiary alicyclic amines) is 1. The lowest BCUT2D eigenvalue weighted by molar-refractivity contribution is -0.0105. The van der Waals surface area contributed by atoms with Gasteiger partial charge >= 0.3 is 0 Å². The summed E-state index contributed by atoms with van der Waals surface area (Å²) in [7, 11) is -2.95. The molecular formula is C17H23Cl2NO3S. The van der Waals surface area contributed by atoms with E-state index in [2.05, 4.69) is 4.90 Å². The van der Waals surface area contributed by atoms with Gasteiger partial charge in [-0.25, -0.2) is 8.42 Å². The lowest BCUT2D eigenvalue weighted by atomic mass is 9.88. The van der Waals surface area contributed by atoms with Gasteiger partial charge in [-0.05, 0) is 62.4 Å². The molecule has 3 rings (SSSR count). The molecule has 0 spiro atoms. The Hall–Kier alpha value is -0.330. The highest BCUT2D eigenvalue weighted by atomic mass is 35.5. The zero-order chi connectivity index (χ0) is 17.4. The first-order valence-electron chi connectivity index (χ1n) is 8.36. The third-order valence-corrected chi connectivity index (χ3v) is 7.48. The van der Waals surface area contributed by atoms with Crippen molar-refractivity contribution in [3.63, 3.8) is 0 Å². The molecule has 0 amide bonds. The topological polar surface area (TPSA) is 57.6 Å². The summed E-state index contributed by atoms with van der Waals surface area (Å²) >= 11 is 12.3. The number of hydrogen-bond donors (Lipinski definition) is 1. The first-order chi connectivity index (χ1) is 11.3. The minimum absolute atomic E-state index is 0.0976. The van der Waals surface area contributed by atoms with Crippen molar-refractivity contribution in [1.29, 1.82) is 0 Å². The summed E-state index contributed by atoms with van der Waals surface area (Å²) in [5, 5.41) is 12.0. The van der Waals surface area contributed by atoms with E-state index in [1.807, 2.05) is 12.1 Å². The van der Waals surface area contributed by atoms with Crippen molar-refractivity contribution < 1.29 is 13.5 Å². The first kappa shape index (κ1) is 18.5. The van der Waals surface area contributed by atoms with Crippen molar-refractivity contribution in [1.82, 2.24) is 4.90 Å². The van der Waals surface area contributed by atoms with E-state index in [1.54, 1.807) is 6.07 Å². The lowest BCUT2D eigenvalue weighted by Gasteiger charge is -2.40. The van der Waals surface area contributed by atoms with Crippen LogP contribution in [0.1, 0.15) is 37.2 Å². The number of nitrogens with zero attached hydrogens (tertiary/aromatic N) is 1. The minimum Gasteiger partial charge on any atom is -0.388 e. The fourth-order valence-corrected chi connectivity index (χ4v) is 5.88. The van der Waals surface area contributed by atoms with Crippen LogP contribution in [-0.2, 0) is 9.84 Å². The van der Waals surface area contributed by atoms with Crippen LogP contribution < -0.4 is 0 Å². The van der Waals surface area contributed by atoms with Crippen molar-refractivity contribution in [3.05, 3.63) is 33.8 Å². The number of β-amino-alcohol motifs (C(OH)–C–C–N with tert-alkyl or cyclic N) is 1. The highest BCUT2D eigenvalue weighted by Gasteiger charge is 2.37. The Morgan fingerprint density at radius 2 is 1.79 bits per heavy atom. The van der Waals surface area contributed by atoms with Crippen molar-refractivity contribution in [2.75, 3.05) is 31.1 Å². The molecule has 24 heavy (non-hydrogen) atoms. The minimum atomic E-state index is -2.95. The molecule has 0 unspecified atom stereocenters. The molecule has 2 aliphatic rings. The zero-order valence-corrected chi connectivity index (χ0v) is 15.9. The number of aliphatic hydroxyl groups is 1. The first-order valence-corrected chi connectivity index (χ1v) is 10.9. The number of sulfone groups is 1. The van der Waals surface area contributed by atoms with E-state index in [-0.39, 0.29) is 11.5 Å². The summed E-state index contributed by atoms with van der Waals surface area (Å²) in [6.07, 6.45) is 2.65. The largest absolute Gasteiger partial charge is 0.388 e. The smallest absolute Gasteiger partial charge is 0.150 e. The molecule has 1 N–H and O–H groups in total. The van der Waals surface area contributed by atoms with Gasteiger partial charge in [-0.1, -0.05) is 29.3 Å². The molecule has 134 valence electrons. The average molecular weight is 392 g/mol. The summed E-state index contributed by atoms with van der Waals surface area (Å²) in [4.78, 5) is 2.25. The highest BCUT2D eigenvalue weighted by molar-refractivity contribution is 7.91. The predicted molar refractivity (Wildman–Crippen MR) is 97.7 cm³/mol. The van der Waals surface area contributed by atoms with Crippen LogP contribution in [0.4, 0.5) is 0 Å². The molecule has 0 aromatic heterocycles. The number of benzene rings is 1. The van der Waals surface area contributed by atoms with E-state index in [0.717, 1.165) is 36.5 Å². The van der Waals surface area contributed by atoms with Crippen molar-refractivity contribution in [2.24, 2.45) is 0 Å². The van der Waals surface area contributed by atoms with Crippen LogP contribution in [-0.4, -0.2) is 55.2 Å². The second-order valence-corrected chi connectivity index (χ2v) is 10.2. The normalized spacial score (nSPS) is 24.8. The van der Waals surface area contributed by atoms with Crippen LogP contribution in [0.25, 0.3) is 0 Å². The van der Waals surface area contributed by atoms with Gasteiger partial charge in [0.05, 0.1) is 17.1 Å². The molecule has 1 aromatic rings. The van der Waals surface area contributed by atoms with E-state index in [9.17, 15) is 13.5 Å². The van der Waals surface area contributed by atoms with Gasteiger partial charge in [-0.15, -0.1) is 0 Å². The molecule has 2 aliphatic heterocycles. The van der Waals surface area contributed by atoms with E-state index in [0.29, 0.717) is 30.3 Å². The maximum Gasteiger partial charge on any atom is 0.150 e. The number of halogens is 2. The van der Waals surface area contributed by atoms with Crippen LogP contribution in [0.3, 0.4) is 0 Å². The van der Waals surface area contributed by atoms with E-state index in [4.69, 9.17) is 23.2 Å². The molecule has 1 aromatic carbocycles. The molecular weight excluding hydrogens is 369 g/mol. The Morgan fingerprint density at radius 3 is 2.38 bits per heavy atom. The second kappa shape index (κ2) is 7.12. The summed E-state index contributed by atoms with van der Waals surface area (Å²) in [6, 6.07) is 5.67. The fraction of sp³-hybridized carbons (Fsp3) is 0.647. The molecule has 0 bridgehead atoms. The van der Waals surface area contributed by atoms with Gasteiger partial charge in [0.25, 0.3) is 0 Å². The SMILES string of the molecule is O=S1(=O)CCC(O)(CN2CCC(c3ccc(Cl)cc3Cl)CC2)CC1. The maximum atomic E-state index is 11.5. The maximum absolute atomic E-state index is 11.5. The van der Waals surface area contributed by atoms with Gasteiger partial charge in [0.2, 0.25) is 0 Å². The van der Waals surface area contributed by atoms with Crippen molar-refractivity contribution in [2.45, 2.75) is 37.2 Å². The molecule has 2 saturated heterocycles. The standard InChI is InChI=1S/C17H23Cl2NO3S/c18-14-1-2-15(16(19)11-14)13-3-7-20(8-4-13)12-17(21)5-9-24(22,23)10-6-17/h1-2,11,13,21H,3-10,12H2. The third-order valence-electron chi connectivity index (χ3n) is 5.26. The molecule has 0 radical (unpaired) electrons. The Morgan fingerprint density at radius 1 is 1.17 bits per heavy atom. The van der Waals surface area contributed by atoms with Crippen molar-refractivity contribution in [3.8, 4) is 0 Å². The summed E-state index contributed by atoms with van der Waals surface area (Å²) < 4.78 is 23.1. The average Bonchev–Trinajstić information content (AvgIpc) is 2.52. The molecule has 2 heterocycles. The fourth-order valence-electron chi connectivity index (χ4n) is 3.73. The summed E-state index contributed by atoms with van der Waals surface area (Å²) in [5.41, 5.74) is 0.277. The zero-order valence-electron chi connectivity index (χ0n) is 13.5. The molecule has 0 saturated carbocycles. The van der Waals surface area contributed by atoms with Gasteiger partial charge in [0.15, 0.2) is 9.84 Å². The molecule has 4 nitrogen and oxygen atoms in total. The van der Waals surface area contributed by atoms with Crippen LogP contribution in [0.2, 0.25) is 10.0 Å². The molecule has 2 fully saturated rings. The van der Waals surface area contributed by atoms with Gasteiger partial charge in [-0.2, -0.15) is 0 Å².